The number of hydrogen-bond acceptors (Lipinski definition) is 2. The van der Waals surface area contributed by atoms with Crippen molar-refractivity contribution >= 4 is 13.9 Å². The fourth-order valence-electron chi connectivity index (χ4n) is 3.14. The van der Waals surface area contributed by atoms with E-state index in [-0.39, 0.29) is 22.8 Å². The van der Waals surface area contributed by atoms with Gasteiger partial charge in [0, 0.05) is 5.54 Å². The molecule has 0 radical (unpaired) electrons. The molecule has 2 nitrogen and oxygen atoms in total. The third kappa shape index (κ3) is 3.94. The Balaban J connectivity index is 2.27. The van der Waals surface area contributed by atoms with Crippen LogP contribution in [0, 0.1) is 5.92 Å². The highest BCUT2D eigenvalue weighted by atomic mass is 28.3. The fraction of sp³-hybridized carbons (Fsp3) is 0.650. The van der Waals surface area contributed by atoms with Gasteiger partial charge >= 0.3 is 0 Å². The van der Waals surface area contributed by atoms with Crippen molar-refractivity contribution in [3.63, 3.8) is 0 Å². The largest absolute Gasteiger partial charge is 0.361 e. The summed E-state index contributed by atoms with van der Waals surface area (Å²) in [6, 6.07) is 10.4. The molecule has 1 aliphatic rings. The van der Waals surface area contributed by atoms with E-state index in [1.165, 1.54) is 5.56 Å². The topological polar surface area (TPSA) is 29.6 Å². The minimum atomic E-state index is -1.80. The average molecular weight is 333 g/mol. The van der Waals surface area contributed by atoms with Gasteiger partial charge in [0.15, 0.2) is 5.78 Å². The molecule has 2 rings (SSSR count). The van der Waals surface area contributed by atoms with Crippen molar-refractivity contribution in [1.29, 1.82) is 0 Å². The number of rotatable bonds is 6. The summed E-state index contributed by atoms with van der Waals surface area (Å²) in [5.41, 5.74) is 1.37. The first-order valence-corrected chi connectivity index (χ1v) is 11.9. The predicted molar refractivity (Wildman–Crippen MR) is 99.6 cm³/mol. The second-order valence-electron chi connectivity index (χ2n) is 8.88. The van der Waals surface area contributed by atoms with Crippen LogP contribution >= 0.6 is 0 Å². The summed E-state index contributed by atoms with van der Waals surface area (Å²) in [4.78, 5) is 13.2. The number of benzene rings is 1. The predicted octanol–water partition coefficient (Wildman–Crippen LogP) is 5.10. The molecule has 1 aromatic carbocycles. The molecule has 0 aliphatic carbocycles. The van der Waals surface area contributed by atoms with Crippen molar-refractivity contribution in [1.82, 2.24) is 0 Å². The maximum absolute atomic E-state index is 13.2. The minimum absolute atomic E-state index is 0.110. The highest BCUT2D eigenvalue weighted by molar-refractivity contribution is 6.84. The maximum Gasteiger partial charge on any atom is 0.165 e. The Bertz CT molecular complexity index is 543. The van der Waals surface area contributed by atoms with Crippen molar-refractivity contribution in [2.24, 2.45) is 5.92 Å². The van der Waals surface area contributed by atoms with Crippen LogP contribution in [0.1, 0.15) is 40.2 Å². The Morgan fingerprint density at radius 1 is 1.17 bits per heavy atom. The number of ketones is 1. The Kier molecular flexibility index (Phi) is 5.22. The lowest BCUT2D eigenvalue weighted by molar-refractivity contribution is -0.120. The second-order valence-corrected chi connectivity index (χ2v) is 14.5. The van der Waals surface area contributed by atoms with Gasteiger partial charge in [0.1, 0.15) is 6.10 Å². The molecule has 0 N–H and O–H groups in total. The zero-order valence-corrected chi connectivity index (χ0v) is 16.7. The van der Waals surface area contributed by atoms with Gasteiger partial charge < -0.3 is 4.74 Å². The average Bonchev–Trinajstić information content (AvgIpc) is 3.24. The molecule has 1 aliphatic heterocycles. The van der Waals surface area contributed by atoms with Gasteiger partial charge in [-0.3, -0.25) is 4.79 Å². The Morgan fingerprint density at radius 2 is 1.74 bits per heavy atom. The summed E-state index contributed by atoms with van der Waals surface area (Å²) >= 11 is 0. The molecule has 3 heteroatoms. The monoisotopic (exact) mass is 332 g/mol. The number of carbonyl (C=O) groups excluding carboxylic acids is 1. The van der Waals surface area contributed by atoms with Crippen LogP contribution in [-0.2, 0) is 16.0 Å². The highest BCUT2D eigenvalue weighted by Crippen LogP contribution is 2.47. The SMILES string of the molecule is CC(C)[C@H]1O[C@@H]1C(=O)[C@H](Cc1ccccc1)[Si](C)(C)C(C)(C)C. The smallest absolute Gasteiger partial charge is 0.165 e. The van der Waals surface area contributed by atoms with E-state index in [4.69, 9.17) is 4.74 Å². The number of Topliss-reactive ketones (excluding diaryl/α,β-unsaturated/α-hetero) is 1. The van der Waals surface area contributed by atoms with Gasteiger partial charge in [-0.2, -0.15) is 0 Å². The molecule has 1 fully saturated rings. The van der Waals surface area contributed by atoms with Crippen LogP contribution in [-0.4, -0.2) is 26.1 Å². The molecule has 1 saturated heterocycles. The van der Waals surface area contributed by atoms with Gasteiger partial charge in [-0.1, -0.05) is 78.0 Å². The lowest BCUT2D eigenvalue weighted by Crippen LogP contribution is -2.47. The fourth-order valence-corrected chi connectivity index (χ4v) is 5.81. The molecule has 0 unspecified atom stereocenters. The van der Waals surface area contributed by atoms with Crippen LogP contribution in [0.25, 0.3) is 0 Å². The molecule has 0 bridgehead atoms. The molecule has 128 valence electrons. The third-order valence-electron chi connectivity index (χ3n) is 5.89. The van der Waals surface area contributed by atoms with E-state index < -0.39 is 8.07 Å². The maximum atomic E-state index is 13.2. The number of ether oxygens (including phenoxy) is 1. The molecule has 0 spiro atoms. The van der Waals surface area contributed by atoms with Crippen molar-refractivity contribution in [3.8, 4) is 0 Å². The van der Waals surface area contributed by atoms with Crippen LogP contribution in [0.4, 0.5) is 0 Å². The van der Waals surface area contributed by atoms with E-state index in [2.05, 4.69) is 72.0 Å². The van der Waals surface area contributed by atoms with Crippen LogP contribution in [0.2, 0.25) is 23.7 Å². The summed E-state index contributed by atoms with van der Waals surface area (Å²) in [6.07, 6.45) is 0.810. The van der Waals surface area contributed by atoms with E-state index in [1.807, 2.05) is 6.07 Å². The van der Waals surface area contributed by atoms with Crippen molar-refractivity contribution < 1.29 is 9.53 Å². The summed E-state index contributed by atoms with van der Waals surface area (Å²) in [6.45, 7) is 15.9. The molecule has 1 heterocycles. The van der Waals surface area contributed by atoms with Gasteiger partial charge in [-0.05, 0) is 22.9 Å². The molecule has 0 amide bonds. The zero-order valence-electron chi connectivity index (χ0n) is 15.7. The summed E-state index contributed by atoms with van der Waals surface area (Å²) in [5, 5.41) is 0.185. The highest BCUT2D eigenvalue weighted by Gasteiger charge is 2.54. The first kappa shape index (κ1) is 18.4. The quantitative estimate of drug-likeness (QED) is 0.536. The van der Waals surface area contributed by atoms with Crippen molar-refractivity contribution in [2.75, 3.05) is 0 Å². The van der Waals surface area contributed by atoms with Crippen LogP contribution in [0.3, 0.4) is 0 Å². The van der Waals surface area contributed by atoms with Crippen molar-refractivity contribution in [3.05, 3.63) is 35.9 Å². The molecule has 0 aromatic heterocycles. The first-order chi connectivity index (χ1) is 10.6. The van der Waals surface area contributed by atoms with E-state index in [9.17, 15) is 4.79 Å². The zero-order chi connectivity index (χ0) is 17.4. The minimum Gasteiger partial charge on any atom is -0.361 e. The molecular weight excluding hydrogens is 300 g/mol. The summed E-state index contributed by atoms with van der Waals surface area (Å²) in [7, 11) is -1.80. The Labute approximate surface area is 142 Å². The first-order valence-electron chi connectivity index (χ1n) is 8.79. The van der Waals surface area contributed by atoms with E-state index >= 15 is 0 Å². The lowest BCUT2D eigenvalue weighted by atomic mass is 10.0. The van der Waals surface area contributed by atoms with Gasteiger partial charge in [0.05, 0.1) is 14.2 Å². The lowest BCUT2D eigenvalue weighted by Gasteiger charge is -2.42. The third-order valence-corrected chi connectivity index (χ3v) is 12.0. The van der Waals surface area contributed by atoms with Crippen LogP contribution in [0.5, 0.6) is 0 Å². The van der Waals surface area contributed by atoms with Gasteiger partial charge in [0.2, 0.25) is 0 Å². The van der Waals surface area contributed by atoms with Crippen molar-refractivity contribution in [2.45, 2.75) is 76.9 Å². The van der Waals surface area contributed by atoms with Gasteiger partial charge in [-0.15, -0.1) is 0 Å². The molecule has 0 saturated carbocycles. The normalized spacial score (nSPS) is 23.0. The van der Waals surface area contributed by atoms with E-state index in [0.717, 1.165) is 6.42 Å². The van der Waals surface area contributed by atoms with Gasteiger partial charge in [-0.25, -0.2) is 0 Å². The summed E-state index contributed by atoms with van der Waals surface area (Å²) in [5.74, 6) is 0.764. The van der Waals surface area contributed by atoms with Crippen LogP contribution < -0.4 is 0 Å². The van der Waals surface area contributed by atoms with E-state index in [0.29, 0.717) is 11.7 Å². The van der Waals surface area contributed by atoms with Crippen LogP contribution in [0.15, 0.2) is 30.3 Å². The standard InChI is InChI=1S/C20H32O2Si/c1-14(2)18-19(22-18)17(21)16(23(6,7)20(3,4)5)13-15-11-9-8-10-12-15/h8-12,14,16,18-19H,13H2,1-7H3/t16-,18+,19+/m0/s1. The van der Waals surface area contributed by atoms with E-state index in [1.54, 1.807) is 0 Å². The molecular formula is C20H32O2Si. The van der Waals surface area contributed by atoms with Gasteiger partial charge in [0.25, 0.3) is 0 Å². The summed E-state index contributed by atoms with van der Waals surface area (Å²) < 4.78 is 5.74. The molecule has 23 heavy (non-hydrogen) atoms. The Morgan fingerprint density at radius 3 is 2.17 bits per heavy atom. The number of carbonyl (C=O) groups is 1. The number of hydrogen-bond donors (Lipinski definition) is 0. The molecule has 1 aromatic rings. The Hall–Kier alpha value is -0.933. The second kappa shape index (κ2) is 6.52. The molecule has 3 atom stereocenters. The number of epoxide rings is 1.